The summed E-state index contributed by atoms with van der Waals surface area (Å²) in [6, 6.07) is 13.4. The van der Waals surface area contributed by atoms with E-state index in [1.165, 1.54) is 0 Å². The van der Waals surface area contributed by atoms with Crippen LogP contribution in [0.3, 0.4) is 0 Å². The third-order valence-corrected chi connectivity index (χ3v) is 2.97. The van der Waals surface area contributed by atoms with Gasteiger partial charge in [0.05, 0.1) is 6.21 Å². The van der Waals surface area contributed by atoms with Gasteiger partial charge in [0.2, 0.25) is 11.5 Å². The van der Waals surface area contributed by atoms with Gasteiger partial charge in [-0.25, -0.2) is 4.98 Å². The molecule has 3 N–H and O–H groups in total. The lowest BCUT2D eigenvalue weighted by molar-refractivity contribution is -0.380. The van der Waals surface area contributed by atoms with Gasteiger partial charge in [-0.2, -0.15) is 5.10 Å². The molecule has 4 nitrogen and oxygen atoms in total. The number of benzene rings is 1. The molecule has 2 aromatic rings. The number of aromatic amines is 1. The Morgan fingerprint density at radius 1 is 1.17 bits per heavy atom. The fourth-order valence-electron chi connectivity index (χ4n) is 1.34. The van der Waals surface area contributed by atoms with Gasteiger partial charge in [-0.15, -0.1) is 5.10 Å². The highest BCUT2D eigenvalue weighted by Gasteiger charge is 2.03. The van der Waals surface area contributed by atoms with Crippen molar-refractivity contribution in [2.75, 3.05) is 0 Å². The Morgan fingerprint density at radius 3 is 2.67 bits per heavy atom. The van der Waals surface area contributed by atoms with Crippen LogP contribution in [0.4, 0.5) is 0 Å². The van der Waals surface area contributed by atoms with Crippen molar-refractivity contribution in [1.82, 2.24) is 0 Å². The molecule has 1 aromatic heterocycles. The number of rotatable bonds is 3. The van der Waals surface area contributed by atoms with E-state index in [1.54, 1.807) is 12.4 Å². The maximum atomic E-state index is 5.79. The topological polar surface area (TPSA) is 64.9 Å². The smallest absolute Gasteiger partial charge is 0.247 e. The van der Waals surface area contributed by atoms with E-state index in [2.05, 4.69) is 31.1 Å². The first-order chi connectivity index (χ1) is 8.77. The summed E-state index contributed by atoms with van der Waals surface area (Å²) < 4.78 is 0.966. The summed E-state index contributed by atoms with van der Waals surface area (Å²) in [6.45, 7) is 0. The Hall–Kier alpha value is -2.01. The van der Waals surface area contributed by atoms with E-state index < -0.39 is 0 Å². The van der Waals surface area contributed by atoms with Gasteiger partial charge in [0.1, 0.15) is 0 Å². The van der Waals surface area contributed by atoms with Crippen molar-refractivity contribution in [3.05, 3.63) is 64.4 Å². The van der Waals surface area contributed by atoms with Gasteiger partial charge >= 0.3 is 0 Å². The highest BCUT2D eigenvalue weighted by atomic mass is 79.9. The Labute approximate surface area is 113 Å². The van der Waals surface area contributed by atoms with Crippen LogP contribution in [-0.2, 0) is 0 Å². The van der Waals surface area contributed by atoms with Crippen molar-refractivity contribution in [2.45, 2.75) is 0 Å². The number of amidine groups is 1. The predicted molar refractivity (Wildman–Crippen MR) is 75.5 cm³/mol. The van der Waals surface area contributed by atoms with Crippen molar-refractivity contribution in [1.29, 1.82) is 0 Å². The van der Waals surface area contributed by atoms with Crippen LogP contribution in [0, 0.1) is 0 Å². The van der Waals surface area contributed by atoms with Gasteiger partial charge in [0, 0.05) is 22.2 Å². The highest BCUT2D eigenvalue weighted by Crippen LogP contribution is 2.13. The van der Waals surface area contributed by atoms with Gasteiger partial charge in [-0.05, 0) is 12.1 Å². The molecule has 0 aliphatic heterocycles. The van der Waals surface area contributed by atoms with Gasteiger partial charge in [-0.1, -0.05) is 34.1 Å². The minimum atomic E-state index is 0.346. The molecule has 0 unspecified atom stereocenters. The van der Waals surface area contributed by atoms with Gasteiger partial charge in [0.15, 0.2) is 6.20 Å². The molecule has 18 heavy (non-hydrogen) atoms. The Balaban J connectivity index is 2.14. The SMILES string of the molecule is NC(=N/N=C\c1ccccc1Br)c1cccc[nH+]1. The molecule has 0 saturated heterocycles. The van der Waals surface area contributed by atoms with E-state index >= 15 is 0 Å². The molecule has 90 valence electrons. The van der Waals surface area contributed by atoms with E-state index in [-0.39, 0.29) is 0 Å². The average molecular weight is 304 g/mol. The van der Waals surface area contributed by atoms with Crippen molar-refractivity contribution in [3.63, 3.8) is 0 Å². The molecule has 0 spiro atoms. The second-order valence-corrected chi connectivity index (χ2v) is 4.38. The van der Waals surface area contributed by atoms with Crippen molar-refractivity contribution < 1.29 is 4.98 Å². The number of H-pyrrole nitrogens is 1. The molecule has 1 aromatic carbocycles. The van der Waals surface area contributed by atoms with Crippen LogP contribution >= 0.6 is 15.9 Å². The third-order valence-electron chi connectivity index (χ3n) is 2.25. The van der Waals surface area contributed by atoms with E-state index in [1.807, 2.05) is 42.5 Å². The van der Waals surface area contributed by atoms with Crippen LogP contribution in [0.1, 0.15) is 11.3 Å². The van der Waals surface area contributed by atoms with E-state index in [9.17, 15) is 0 Å². The first-order valence-corrected chi connectivity index (χ1v) is 6.15. The second-order valence-electron chi connectivity index (χ2n) is 3.53. The quantitative estimate of drug-likeness (QED) is 0.526. The lowest BCUT2D eigenvalue weighted by Crippen LogP contribution is -2.23. The van der Waals surface area contributed by atoms with Crippen molar-refractivity contribution >= 4 is 28.0 Å². The summed E-state index contributed by atoms with van der Waals surface area (Å²) in [6.07, 6.45) is 3.44. The highest BCUT2D eigenvalue weighted by molar-refractivity contribution is 9.10. The summed E-state index contributed by atoms with van der Waals surface area (Å²) in [4.78, 5) is 2.99. The number of halogens is 1. The number of pyridine rings is 1. The second kappa shape index (κ2) is 6.07. The molecule has 2 rings (SSSR count). The van der Waals surface area contributed by atoms with Crippen molar-refractivity contribution in [2.24, 2.45) is 15.9 Å². The number of nitrogens with two attached hydrogens (primary N) is 1. The summed E-state index contributed by atoms with van der Waals surface area (Å²) in [7, 11) is 0. The molecule has 0 fully saturated rings. The number of hydrogen-bond donors (Lipinski definition) is 1. The molecule has 0 radical (unpaired) electrons. The van der Waals surface area contributed by atoms with Crippen LogP contribution in [0.25, 0.3) is 0 Å². The van der Waals surface area contributed by atoms with Crippen LogP contribution in [0.15, 0.2) is 63.3 Å². The number of hydrogen-bond acceptors (Lipinski definition) is 2. The summed E-state index contributed by atoms with van der Waals surface area (Å²) in [5.41, 5.74) is 7.48. The summed E-state index contributed by atoms with van der Waals surface area (Å²) >= 11 is 3.43. The molecule has 0 bridgehead atoms. The van der Waals surface area contributed by atoms with Gasteiger partial charge in [-0.3, -0.25) is 0 Å². The van der Waals surface area contributed by atoms with Crippen LogP contribution in [0.2, 0.25) is 0 Å². The van der Waals surface area contributed by atoms with Crippen LogP contribution < -0.4 is 10.7 Å². The normalized spacial score (nSPS) is 11.9. The zero-order valence-corrected chi connectivity index (χ0v) is 11.1. The van der Waals surface area contributed by atoms with E-state index in [0.717, 1.165) is 15.7 Å². The molecular formula is C13H12BrN4+. The Kier molecular flexibility index (Phi) is 4.20. The Bertz CT molecular complexity index is 579. The number of aromatic nitrogens is 1. The maximum absolute atomic E-state index is 5.79. The molecule has 5 heteroatoms. The van der Waals surface area contributed by atoms with Crippen LogP contribution in [0.5, 0.6) is 0 Å². The minimum Gasteiger partial charge on any atom is -0.377 e. The first kappa shape index (κ1) is 12.4. The zero-order valence-electron chi connectivity index (χ0n) is 9.55. The third kappa shape index (κ3) is 3.24. The fraction of sp³-hybridized carbons (Fsp3) is 0. The molecular weight excluding hydrogens is 292 g/mol. The monoisotopic (exact) mass is 303 g/mol. The van der Waals surface area contributed by atoms with Gasteiger partial charge < -0.3 is 5.73 Å². The average Bonchev–Trinajstić information content (AvgIpc) is 2.42. The summed E-state index contributed by atoms with van der Waals surface area (Å²) in [5.74, 6) is 0.346. The molecule has 0 amide bonds. The molecule has 0 aliphatic carbocycles. The molecule has 1 heterocycles. The standard InChI is InChI=1S/C13H11BrN4/c14-11-6-2-1-5-10(11)9-17-18-13(15)12-7-3-4-8-16-12/h1-9H,(H2,15,18)/p+1/b17-9-. The number of nitrogens with one attached hydrogen (secondary N) is 1. The molecule has 0 aliphatic rings. The minimum absolute atomic E-state index is 0.346. The van der Waals surface area contributed by atoms with E-state index in [0.29, 0.717) is 5.84 Å². The van der Waals surface area contributed by atoms with Crippen LogP contribution in [-0.4, -0.2) is 12.1 Å². The Morgan fingerprint density at radius 2 is 1.94 bits per heavy atom. The zero-order chi connectivity index (χ0) is 12.8. The van der Waals surface area contributed by atoms with E-state index in [4.69, 9.17) is 5.73 Å². The van der Waals surface area contributed by atoms with Crippen molar-refractivity contribution in [3.8, 4) is 0 Å². The lowest BCUT2D eigenvalue weighted by Gasteiger charge is -1.94. The fourth-order valence-corrected chi connectivity index (χ4v) is 1.73. The number of nitrogens with zero attached hydrogens (tertiary/aromatic N) is 2. The van der Waals surface area contributed by atoms with Gasteiger partial charge in [0.25, 0.3) is 0 Å². The molecule has 0 saturated carbocycles. The maximum Gasteiger partial charge on any atom is 0.247 e. The molecule has 0 atom stereocenters. The lowest BCUT2D eigenvalue weighted by atomic mass is 10.2. The first-order valence-electron chi connectivity index (χ1n) is 5.35. The predicted octanol–water partition coefficient (Wildman–Crippen LogP) is 2.00. The largest absolute Gasteiger partial charge is 0.377 e. The summed E-state index contributed by atoms with van der Waals surface area (Å²) in [5, 5.41) is 7.91.